The first kappa shape index (κ1) is 10.2. The maximum Gasteiger partial charge on any atom is 0.220 e. The van der Waals surface area contributed by atoms with Crippen LogP contribution >= 0.6 is 0 Å². The summed E-state index contributed by atoms with van der Waals surface area (Å²) < 4.78 is 1.99. The Morgan fingerprint density at radius 3 is 3.20 bits per heavy atom. The Morgan fingerprint density at radius 1 is 1.73 bits per heavy atom. The van der Waals surface area contributed by atoms with Gasteiger partial charge in [0.05, 0.1) is 12.0 Å². The highest BCUT2D eigenvalue weighted by molar-refractivity contribution is 5.76. The Balaban J connectivity index is 1.79. The van der Waals surface area contributed by atoms with Gasteiger partial charge >= 0.3 is 0 Å². The lowest BCUT2D eigenvalue weighted by atomic mass is 10.1. The number of aryl methyl sites for hydroxylation is 1. The van der Waals surface area contributed by atoms with Crippen LogP contribution in [0.2, 0.25) is 0 Å². The van der Waals surface area contributed by atoms with E-state index < -0.39 is 0 Å². The van der Waals surface area contributed by atoms with E-state index in [9.17, 15) is 4.79 Å². The fourth-order valence-electron chi connectivity index (χ4n) is 1.71. The van der Waals surface area contributed by atoms with Gasteiger partial charge in [0.2, 0.25) is 5.91 Å². The van der Waals surface area contributed by atoms with Crippen molar-refractivity contribution in [3.63, 3.8) is 0 Å². The Morgan fingerprint density at radius 2 is 2.60 bits per heavy atom. The third kappa shape index (κ3) is 2.56. The predicted octanol–water partition coefficient (Wildman–Crippen LogP) is -0.212. The molecule has 0 saturated carbocycles. The normalized spacial score (nSPS) is 21.4. The maximum atomic E-state index is 10.9. The van der Waals surface area contributed by atoms with Gasteiger partial charge in [0.1, 0.15) is 0 Å². The van der Waals surface area contributed by atoms with Crippen LogP contribution in [-0.2, 0) is 18.4 Å². The SMILES string of the molecule is Cn1cncc1CNC1CCC(=O)NC1. The molecule has 1 fully saturated rings. The van der Waals surface area contributed by atoms with Crippen LogP contribution in [-0.4, -0.2) is 28.0 Å². The third-order valence-electron chi connectivity index (χ3n) is 2.75. The molecule has 0 aromatic carbocycles. The van der Waals surface area contributed by atoms with Crippen molar-refractivity contribution in [1.82, 2.24) is 20.2 Å². The van der Waals surface area contributed by atoms with E-state index in [-0.39, 0.29) is 5.91 Å². The summed E-state index contributed by atoms with van der Waals surface area (Å²) in [5.41, 5.74) is 1.16. The molecule has 1 aromatic rings. The quantitative estimate of drug-likeness (QED) is 0.722. The van der Waals surface area contributed by atoms with Gasteiger partial charge in [-0.25, -0.2) is 4.98 Å². The molecule has 15 heavy (non-hydrogen) atoms. The number of amides is 1. The van der Waals surface area contributed by atoms with Gasteiger partial charge in [0.15, 0.2) is 0 Å². The zero-order chi connectivity index (χ0) is 10.7. The Kier molecular flexibility index (Phi) is 3.01. The lowest BCUT2D eigenvalue weighted by Gasteiger charge is -2.23. The van der Waals surface area contributed by atoms with Crippen LogP contribution in [0.15, 0.2) is 12.5 Å². The predicted molar refractivity (Wildman–Crippen MR) is 56.1 cm³/mol. The molecule has 0 radical (unpaired) electrons. The summed E-state index contributed by atoms with van der Waals surface area (Å²) in [6, 6.07) is 0.387. The van der Waals surface area contributed by atoms with Gasteiger partial charge in [0, 0.05) is 38.8 Å². The van der Waals surface area contributed by atoms with Crippen molar-refractivity contribution >= 4 is 5.91 Å². The maximum absolute atomic E-state index is 10.9. The molecule has 5 nitrogen and oxygen atoms in total. The van der Waals surface area contributed by atoms with Gasteiger partial charge in [-0.2, -0.15) is 0 Å². The number of hydrogen-bond donors (Lipinski definition) is 2. The van der Waals surface area contributed by atoms with Crippen molar-refractivity contribution in [2.45, 2.75) is 25.4 Å². The van der Waals surface area contributed by atoms with Crippen LogP contribution in [0.25, 0.3) is 0 Å². The summed E-state index contributed by atoms with van der Waals surface area (Å²) >= 11 is 0. The van der Waals surface area contributed by atoms with Crippen molar-refractivity contribution < 1.29 is 4.79 Å². The lowest BCUT2D eigenvalue weighted by Crippen LogP contribution is -2.45. The highest BCUT2D eigenvalue weighted by Crippen LogP contribution is 2.04. The highest BCUT2D eigenvalue weighted by atomic mass is 16.1. The zero-order valence-corrected chi connectivity index (χ0v) is 8.86. The highest BCUT2D eigenvalue weighted by Gasteiger charge is 2.17. The van der Waals surface area contributed by atoms with E-state index >= 15 is 0 Å². The van der Waals surface area contributed by atoms with E-state index in [1.165, 1.54) is 0 Å². The van der Waals surface area contributed by atoms with Gasteiger partial charge in [0.25, 0.3) is 0 Å². The summed E-state index contributed by atoms with van der Waals surface area (Å²) in [7, 11) is 1.98. The standard InChI is InChI=1S/C10H16N4O/c1-14-7-11-5-9(14)6-12-8-2-3-10(15)13-4-8/h5,7-8,12H,2-4,6H2,1H3,(H,13,15). The van der Waals surface area contributed by atoms with E-state index in [0.29, 0.717) is 12.5 Å². The van der Waals surface area contributed by atoms with Crippen LogP contribution < -0.4 is 10.6 Å². The van der Waals surface area contributed by atoms with Crippen LogP contribution in [0.5, 0.6) is 0 Å². The minimum atomic E-state index is 0.161. The summed E-state index contributed by atoms with van der Waals surface area (Å²) in [5, 5.41) is 6.26. The zero-order valence-electron chi connectivity index (χ0n) is 8.86. The number of nitrogens with zero attached hydrogens (tertiary/aromatic N) is 2. The number of piperidine rings is 1. The molecule has 0 aliphatic carbocycles. The summed E-state index contributed by atoms with van der Waals surface area (Å²) in [6.07, 6.45) is 5.20. The summed E-state index contributed by atoms with van der Waals surface area (Å²) in [5.74, 6) is 0.161. The first-order valence-electron chi connectivity index (χ1n) is 5.21. The molecule has 1 aliphatic rings. The van der Waals surface area contributed by atoms with Crippen molar-refractivity contribution in [1.29, 1.82) is 0 Å². The molecule has 2 N–H and O–H groups in total. The lowest BCUT2D eigenvalue weighted by molar-refractivity contribution is -0.122. The molecule has 0 bridgehead atoms. The molecule has 1 amide bonds. The first-order valence-corrected chi connectivity index (χ1v) is 5.21. The smallest absolute Gasteiger partial charge is 0.220 e. The number of hydrogen-bond acceptors (Lipinski definition) is 3. The Bertz CT molecular complexity index is 337. The fourth-order valence-corrected chi connectivity index (χ4v) is 1.71. The second-order valence-electron chi connectivity index (χ2n) is 3.92. The van der Waals surface area contributed by atoms with Gasteiger partial charge < -0.3 is 15.2 Å². The number of nitrogens with one attached hydrogen (secondary N) is 2. The molecule has 1 atom stereocenters. The second kappa shape index (κ2) is 4.44. The van der Waals surface area contributed by atoms with E-state index in [2.05, 4.69) is 15.6 Å². The molecule has 1 aromatic heterocycles. The van der Waals surface area contributed by atoms with Crippen molar-refractivity contribution in [2.75, 3.05) is 6.54 Å². The molecule has 1 saturated heterocycles. The fraction of sp³-hybridized carbons (Fsp3) is 0.600. The second-order valence-corrected chi connectivity index (χ2v) is 3.92. The van der Waals surface area contributed by atoms with Gasteiger partial charge in [-0.05, 0) is 6.42 Å². The third-order valence-corrected chi connectivity index (χ3v) is 2.75. The molecule has 1 unspecified atom stereocenters. The topological polar surface area (TPSA) is 59.0 Å². The number of aromatic nitrogens is 2. The molecular weight excluding hydrogens is 192 g/mol. The Hall–Kier alpha value is -1.36. The molecule has 2 heterocycles. The van der Waals surface area contributed by atoms with Gasteiger partial charge in [-0.1, -0.05) is 0 Å². The van der Waals surface area contributed by atoms with E-state index in [0.717, 1.165) is 25.2 Å². The number of carbonyl (C=O) groups excluding carboxylic acids is 1. The molecular formula is C10H16N4O. The monoisotopic (exact) mass is 208 g/mol. The number of rotatable bonds is 3. The van der Waals surface area contributed by atoms with Crippen molar-refractivity contribution in [2.24, 2.45) is 7.05 Å². The van der Waals surface area contributed by atoms with Crippen LogP contribution in [0, 0.1) is 0 Å². The van der Waals surface area contributed by atoms with E-state index in [1.54, 1.807) is 6.33 Å². The van der Waals surface area contributed by atoms with E-state index in [1.807, 2.05) is 17.8 Å². The minimum absolute atomic E-state index is 0.161. The minimum Gasteiger partial charge on any atom is -0.355 e. The Labute approximate surface area is 88.9 Å². The summed E-state index contributed by atoms with van der Waals surface area (Å²) in [4.78, 5) is 15.0. The van der Waals surface area contributed by atoms with Crippen LogP contribution in [0.3, 0.4) is 0 Å². The largest absolute Gasteiger partial charge is 0.355 e. The van der Waals surface area contributed by atoms with Crippen molar-refractivity contribution in [3.05, 3.63) is 18.2 Å². The van der Waals surface area contributed by atoms with Crippen LogP contribution in [0.1, 0.15) is 18.5 Å². The molecule has 1 aliphatic heterocycles. The molecule has 2 rings (SSSR count). The van der Waals surface area contributed by atoms with Gasteiger partial charge in [-0.3, -0.25) is 4.79 Å². The molecule has 5 heteroatoms. The number of carbonyl (C=O) groups is 1. The molecule has 82 valence electrons. The number of imidazole rings is 1. The van der Waals surface area contributed by atoms with Crippen molar-refractivity contribution in [3.8, 4) is 0 Å². The average molecular weight is 208 g/mol. The summed E-state index contributed by atoms with van der Waals surface area (Å²) in [6.45, 7) is 1.54. The first-order chi connectivity index (χ1) is 7.25. The average Bonchev–Trinajstić information content (AvgIpc) is 2.63. The molecule has 0 spiro atoms. The van der Waals surface area contributed by atoms with Crippen LogP contribution in [0.4, 0.5) is 0 Å². The van der Waals surface area contributed by atoms with Gasteiger partial charge in [-0.15, -0.1) is 0 Å². The van der Waals surface area contributed by atoms with E-state index in [4.69, 9.17) is 0 Å².